The van der Waals surface area contributed by atoms with Crippen LogP contribution in [0.3, 0.4) is 0 Å². The fourth-order valence-corrected chi connectivity index (χ4v) is 5.74. The van der Waals surface area contributed by atoms with Gasteiger partial charge in [0.1, 0.15) is 4.90 Å². The van der Waals surface area contributed by atoms with Gasteiger partial charge in [0.15, 0.2) is 0 Å². The SMILES string of the molecule is CCNCc1scc(C)c1S(=O)(=O)NCc1sccc1C. The second-order valence-electron chi connectivity index (χ2n) is 4.80. The van der Waals surface area contributed by atoms with Crippen LogP contribution >= 0.6 is 22.7 Å². The molecule has 0 atom stereocenters. The molecule has 4 nitrogen and oxygen atoms in total. The lowest BCUT2D eigenvalue weighted by molar-refractivity contribution is 0.579. The second-order valence-corrected chi connectivity index (χ2v) is 8.47. The van der Waals surface area contributed by atoms with Crippen LogP contribution in [0.15, 0.2) is 21.7 Å². The van der Waals surface area contributed by atoms with Gasteiger partial charge < -0.3 is 5.32 Å². The molecular formula is C14H20N2O2S3. The van der Waals surface area contributed by atoms with Gasteiger partial charge in [-0.05, 0) is 48.3 Å². The van der Waals surface area contributed by atoms with Crippen molar-refractivity contribution in [1.29, 1.82) is 0 Å². The minimum atomic E-state index is -3.47. The van der Waals surface area contributed by atoms with E-state index in [1.807, 2.05) is 37.6 Å². The van der Waals surface area contributed by atoms with E-state index in [1.165, 1.54) is 11.3 Å². The van der Waals surface area contributed by atoms with Crippen LogP contribution in [0.1, 0.15) is 27.8 Å². The zero-order chi connectivity index (χ0) is 15.5. The standard InChI is InChI=1S/C14H20N2O2S3/c1-4-15-7-13-14(11(3)9-20-13)21(17,18)16-8-12-10(2)5-6-19-12/h5-6,9,15-16H,4,7-8H2,1-3H3. The first-order valence-electron chi connectivity index (χ1n) is 6.76. The van der Waals surface area contributed by atoms with Crippen molar-refractivity contribution in [1.82, 2.24) is 10.0 Å². The molecule has 0 aromatic carbocycles. The van der Waals surface area contributed by atoms with Crippen molar-refractivity contribution >= 4 is 32.7 Å². The third-order valence-corrected chi connectivity index (χ3v) is 7.07. The lowest BCUT2D eigenvalue weighted by atomic mass is 10.3. The Morgan fingerprint density at radius 1 is 1.10 bits per heavy atom. The van der Waals surface area contributed by atoms with Crippen molar-refractivity contribution in [3.8, 4) is 0 Å². The Kier molecular flexibility index (Phi) is 5.56. The summed E-state index contributed by atoms with van der Waals surface area (Å²) in [6.45, 7) is 7.60. The first-order chi connectivity index (χ1) is 9.95. The molecule has 0 radical (unpaired) electrons. The normalized spacial score (nSPS) is 12.0. The largest absolute Gasteiger partial charge is 0.312 e. The summed E-state index contributed by atoms with van der Waals surface area (Å²) in [4.78, 5) is 2.35. The van der Waals surface area contributed by atoms with E-state index >= 15 is 0 Å². The fraction of sp³-hybridized carbons (Fsp3) is 0.429. The van der Waals surface area contributed by atoms with Gasteiger partial charge in [0.2, 0.25) is 10.0 Å². The van der Waals surface area contributed by atoms with Crippen LogP contribution in [-0.4, -0.2) is 15.0 Å². The fourth-order valence-electron chi connectivity index (χ4n) is 2.03. The van der Waals surface area contributed by atoms with Gasteiger partial charge >= 0.3 is 0 Å². The van der Waals surface area contributed by atoms with Crippen molar-refractivity contribution in [2.45, 2.75) is 38.8 Å². The van der Waals surface area contributed by atoms with Crippen molar-refractivity contribution < 1.29 is 8.42 Å². The maximum absolute atomic E-state index is 12.6. The maximum atomic E-state index is 12.6. The lowest BCUT2D eigenvalue weighted by Gasteiger charge is -2.09. The molecule has 116 valence electrons. The summed E-state index contributed by atoms with van der Waals surface area (Å²) in [7, 11) is -3.47. The summed E-state index contributed by atoms with van der Waals surface area (Å²) in [5.41, 5.74) is 1.93. The van der Waals surface area contributed by atoms with Crippen LogP contribution in [0.4, 0.5) is 0 Å². The van der Waals surface area contributed by atoms with Gasteiger partial charge in [0, 0.05) is 22.8 Å². The minimum absolute atomic E-state index is 0.349. The Hall–Kier alpha value is -0.730. The number of rotatable bonds is 7. The molecule has 2 heterocycles. The Bertz CT molecular complexity index is 702. The summed E-state index contributed by atoms with van der Waals surface area (Å²) in [5.74, 6) is 0. The smallest absolute Gasteiger partial charge is 0.242 e. The molecular weight excluding hydrogens is 324 g/mol. The molecule has 0 fully saturated rings. The molecule has 0 saturated heterocycles. The molecule has 0 unspecified atom stereocenters. The second kappa shape index (κ2) is 7.02. The summed E-state index contributed by atoms with van der Waals surface area (Å²) in [5, 5.41) is 7.07. The molecule has 21 heavy (non-hydrogen) atoms. The summed E-state index contributed by atoms with van der Waals surface area (Å²) in [6, 6.07) is 2.00. The van der Waals surface area contributed by atoms with E-state index < -0.39 is 10.0 Å². The average Bonchev–Trinajstić information content (AvgIpc) is 3.00. The zero-order valence-electron chi connectivity index (χ0n) is 12.4. The number of thiophene rings is 2. The highest BCUT2D eigenvalue weighted by atomic mass is 32.2. The minimum Gasteiger partial charge on any atom is -0.312 e. The molecule has 2 aromatic heterocycles. The molecule has 0 amide bonds. The number of hydrogen-bond acceptors (Lipinski definition) is 5. The van der Waals surface area contributed by atoms with E-state index in [0.29, 0.717) is 18.0 Å². The Morgan fingerprint density at radius 2 is 1.86 bits per heavy atom. The van der Waals surface area contributed by atoms with E-state index in [0.717, 1.165) is 27.4 Å². The Morgan fingerprint density at radius 3 is 2.48 bits per heavy atom. The van der Waals surface area contributed by atoms with Gasteiger partial charge in [-0.3, -0.25) is 0 Å². The molecule has 0 aliphatic carbocycles. The van der Waals surface area contributed by atoms with Crippen LogP contribution in [0.2, 0.25) is 0 Å². The van der Waals surface area contributed by atoms with Gasteiger partial charge in [-0.2, -0.15) is 0 Å². The predicted molar refractivity (Wildman–Crippen MR) is 89.5 cm³/mol. The van der Waals surface area contributed by atoms with Crippen LogP contribution in [0.5, 0.6) is 0 Å². The monoisotopic (exact) mass is 344 g/mol. The van der Waals surface area contributed by atoms with E-state index in [-0.39, 0.29) is 0 Å². The van der Waals surface area contributed by atoms with Crippen molar-refractivity contribution in [2.24, 2.45) is 0 Å². The summed E-state index contributed by atoms with van der Waals surface area (Å²) >= 11 is 3.06. The first-order valence-corrected chi connectivity index (χ1v) is 10.00. The van der Waals surface area contributed by atoms with Gasteiger partial charge in [-0.1, -0.05) is 6.92 Å². The molecule has 0 aliphatic heterocycles. The van der Waals surface area contributed by atoms with Crippen LogP contribution in [0.25, 0.3) is 0 Å². The number of aryl methyl sites for hydroxylation is 2. The number of hydrogen-bond donors (Lipinski definition) is 2. The molecule has 2 rings (SSSR count). The quantitative estimate of drug-likeness (QED) is 0.812. The van der Waals surface area contributed by atoms with Crippen LogP contribution in [0, 0.1) is 13.8 Å². The van der Waals surface area contributed by atoms with E-state index in [2.05, 4.69) is 10.0 Å². The molecule has 2 aromatic rings. The molecule has 0 spiro atoms. The van der Waals surface area contributed by atoms with Crippen molar-refractivity contribution in [2.75, 3.05) is 6.54 Å². The van der Waals surface area contributed by atoms with Crippen molar-refractivity contribution in [3.05, 3.63) is 37.7 Å². The summed E-state index contributed by atoms with van der Waals surface area (Å²) in [6.07, 6.45) is 0. The third kappa shape index (κ3) is 3.92. The van der Waals surface area contributed by atoms with Crippen LogP contribution in [-0.2, 0) is 23.1 Å². The molecule has 2 N–H and O–H groups in total. The third-order valence-electron chi connectivity index (χ3n) is 3.18. The van der Waals surface area contributed by atoms with E-state index in [9.17, 15) is 8.42 Å². The number of sulfonamides is 1. The average molecular weight is 345 g/mol. The highest BCUT2D eigenvalue weighted by molar-refractivity contribution is 7.89. The van der Waals surface area contributed by atoms with Gasteiger partial charge in [0.25, 0.3) is 0 Å². The molecule has 0 saturated carbocycles. The van der Waals surface area contributed by atoms with Crippen molar-refractivity contribution in [3.63, 3.8) is 0 Å². The first kappa shape index (κ1) is 16.6. The number of nitrogens with one attached hydrogen (secondary N) is 2. The predicted octanol–water partition coefficient (Wildman–Crippen LogP) is 3.01. The Balaban J connectivity index is 2.19. The highest BCUT2D eigenvalue weighted by Crippen LogP contribution is 2.27. The zero-order valence-corrected chi connectivity index (χ0v) is 14.8. The highest BCUT2D eigenvalue weighted by Gasteiger charge is 2.22. The topological polar surface area (TPSA) is 58.2 Å². The van der Waals surface area contributed by atoms with Gasteiger partial charge in [0.05, 0.1) is 0 Å². The maximum Gasteiger partial charge on any atom is 0.242 e. The van der Waals surface area contributed by atoms with E-state index in [1.54, 1.807) is 11.3 Å². The Labute approximate surface area is 134 Å². The lowest BCUT2D eigenvalue weighted by Crippen LogP contribution is -2.25. The molecule has 7 heteroatoms. The van der Waals surface area contributed by atoms with Gasteiger partial charge in [-0.15, -0.1) is 22.7 Å². The molecule has 0 aliphatic rings. The summed E-state index contributed by atoms with van der Waals surface area (Å²) < 4.78 is 27.9. The van der Waals surface area contributed by atoms with Gasteiger partial charge in [-0.25, -0.2) is 13.1 Å². The molecule has 0 bridgehead atoms. The van der Waals surface area contributed by atoms with Crippen LogP contribution < -0.4 is 10.0 Å². The van der Waals surface area contributed by atoms with E-state index in [4.69, 9.17) is 0 Å².